The molecule has 0 saturated heterocycles. The summed E-state index contributed by atoms with van der Waals surface area (Å²) >= 11 is 0. The SMILES string of the molecule is C/N=C(C)/C=c1\[nH]/c(=C(/C)C2=N/C(=C\C(NC)=C(C)C)[C@@H](C)[C@@H]2CCC(=O)N(C)CCCOC(C)=O)cc1C. The van der Waals surface area contributed by atoms with Crippen LogP contribution in [0.25, 0.3) is 11.6 Å². The number of ether oxygens (including phenoxy) is 1. The number of likely N-dealkylation sites (N-methyl/N-ethyl adjacent to an activating group) is 1. The minimum absolute atomic E-state index is 0.0848. The van der Waals surface area contributed by atoms with Gasteiger partial charge in [-0.1, -0.05) is 12.5 Å². The summed E-state index contributed by atoms with van der Waals surface area (Å²) in [7, 11) is 5.52. The Morgan fingerprint density at radius 2 is 1.90 bits per heavy atom. The van der Waals surface area contributed by atoms with Crippen LogP contribution in [0.15, 0.2) is 39.1 Å². The van der Waals surface area contributed by atoms with Crippen molar-refractivity contribution in [3.63, 3.8) is 0 Å². The summed E-state index contributed by atoms with van der Waals surface area (Å²) < 4.78 is 4.99. The number of aromatic amines is 1. The van der Waals surface area contributed by atoms with E-state index in [9.17, 15) is 9.59 Å². The van der Waals surface area contributed by atoms with Gasteiger partial charge < -0.3 is 19.9 Å². The lowest BCUT2D eigenvalue weighted by Gasteiger charge is -2.21. The maximum atomic E-state index is 13.0. The van der Waals surface area contributed by atoms with Crippen LogP contribution in [0.4, 0.5) is 0 Å². The molecule has 2 rings (SSSR count). The molecule has 2 N–H and O–H groups in total. The number of carbonyl (C=O) groups is 2. The highest BCUT2D eigenvalue weighted by Crippen LogP contribution is 2.37. The number of hydrogen-bond acceptors (Lipinski definition) is 6. The van der Waals surface area contributed by atoms with Gasteiger partial charge in [0.2, 0.25) is 5.91 Å². The molecular weight excluding hydrogens is 490 g/mol. The Morgan fingerprint density at radius 1 is 1.21 bits per heavy atom. The van der Waals surface area contributed by atoms with Crippen molar-refractivity contribution in [2.45, 2.75) is 67.7 Å². The van der Waals surface area contributed by atoms with E-state index >= 15 is 0 Å². The minimum atomic E-state index is -0.299. The van der Waals surface area contributed by atoms with E-state index < -0.39 is 0 Å². The first kappa shape index (κ1) is 31.8. The number of allylic oxidation sites excluding steroid dienone is 3. The number of amides is 1. The molecule has 0 unspecified atom stereocenters. The topological polar surface area (TPSA) is 99.2 Å². The lowest BCUT2D eigenvalue weighted by molar-refractivity contribution is -0.141. The zero-order chi connectivity index (χ0) is 29.3. The van der Waals surface area contributed by atoms with Crippen LogP contribution in [-0.4, -0.2) is 67.5 Å². The number of nitrogens with zero attached hydrogens (tertiary/aromatic N) is 3. The fraction of sp³-hybridized carbons (Fsp3) is 0.548. The summed E-state index contributed by atoms with van der Waals surface area (Å²) in [6, 6.07) is 2.16. The molecule has 0 saturated carbocycles. The van der Waals surface area contributed by atoms with Crippen LogP contribution in [0, 0.1) is 18.8 Å². The molecule has 2 heterocycles. The van der Waals surface area contributed by atoms with Crippen LogP contribution in [0.2, 0.25) is 0 Å². The fourth-order valence-electron chi connectivity index (χ4n) is 4.74. The van der Waals surface area contributed by atoms with Crippen molar-refractivity contribution in [1.82, 2.24) is 15.2 Å². The van der Waals surface area contributed by atoms with E-state index in [0.29, 0.717) is 32.4 Å². The molecule has 2 atom stereocenters. The minimum Gasteiger partial charge on any atom is -0.466 e. The average Bonchev–Trinajstić information content (AvgIpc) is 3.41. The monoisotopic (exact) mass is 537 g/mol. The zero-order valence-corrected chi connectivity index (χ0v) is 25.5. The fourth-order valence-corrected chi connectivity index (χ4v) is 4.74. The van der Waals surface area contributed by atoms with Crippen LogP contribution in [0.1, 0.15) is 66.4 Å². The van der Waals surface area contributed by atoms with E-state index in [1.807, 2.05) is 14.0 Å². The van der Waals surface area contributed by atoms with Gasteiger partial charge in [0.05, 0.1) is 6.61 Å². The Balaban J connectivity index is 2.40. The second-order valence-electron chi connectivity index (χ2n) is 10.6. The number of aromatic nitrogens is 1. The second kappa shape index (κ2) is 14.7. The molecule has 1 aromatic rings. The van der Waals surface area contributed by atoms with Gasteiger partial charge in [0.1, 0.15) is 0 Å². The molecule has 39 heavy (non-hydrogen) atoms. The average molecular weight is 538 g/mol. The molecule has 8 heteroatoms. The van der Waals surface area contributed by atoms with E-state index in [2.05, 4.69) is 68.1 Å². The standard InChI is InChI=1S/C31H47N5O3/c1-19(2)26(33-9)18-29-22(5)25(12-13-30(38)36(10)14-11-15-39-24(7)37)31(35-29)23(6)28-16-20(3)27(34-28)17-21(4)32-8/h16-18,22,25,33-34H,11-15H2,1-10H3/b27-17-,28-23-,29-18-,32-21+/t22-,25-/m0/s1. The van der Waals surface area contributed by atoms with Crippen molar-refractivity contribution in [3.05, 3.63) is 45.4 Å². The second-order valence-corrected chi connectivity index (χ2v) is 10.6. The van der Waals surface area contributed by atoms with Gasteiger partial charge in [0.25, 0.3) is 0 Å². The van der Waals surface area contributed by atoms with E-state index in [-0.39, 0.29) is 23.7 Å². The molecule has 1 aliphatic heterocycles. The molecule has 0 radical (unpaired) electrons. The summed E-state index contributed by atoms with van der Waals surface area (Å²) in [5.74, 6) is 0.0599. The van der Waals surface area contributed by atoms with Crippen molar-refractivity contribution in [2.24, 2.45) is 21.8 Å². The number of rotatable bonds is 11. The lowest BCUT2D eigenvalue weighted by Crippen LogP contribution is -2.30. The molecule has 0 fully saturated rings. The van der Waals surface area contributed by atoms with Gasteiger partial charge in [-0.2, -0.15) is 0 Å². The summed E-state index contributed by atoms with van der Waals surface area (Å²) in [5.41, 5.74) is 7.49. The summed E-state index contributed by atoms with van der Waals surface area (Å²) in [5, 5.41) is 5.36. The Bertz CT molecular complexity index is 1290. The van der Waals surface area contributed by atoms with Gasteiger partial charge in [-0.05, 0) is 76.8 Å². The van der Waals surface area contributed by atoms with Crippen molar-refractivity contribution >= 4 is 34.9 Å². The molecule has 0 aromatic carbocycles. The molecule has 1 amide bonds. The Labute approximate surface area is 233 Å². The molecule has 8 nitrogen and oxygen atoms in total. The largest absolute Gasteiger partial charge is 0.466 e. The van der Waals surface area contributed by atoms with Crippen LogP contribution in [-0.2, 0) is 14.3 Å². The van der Waals surface area contributed by atoms with Gasteiger partial charge in [-0.25, -0.2) is 0 Å². The van der Waals surface area contributed by atoms with Crippen LogP contribution < -0.4 is 16.0 Å². The smallest absolute Gasteiger partial charge is 0.302 e. The molecular formula is C31H47N5O3. The van der Waals surface area contributed by atoms with Gasteiger partial charge in [-0.15, -0.1) is 0 Å². The first-order chi connectivity index (χ1) is 18.4. The number of carbonyl (C=O) groups excluding carboxylic acids is 2. The molecule has 214 valence electrons. The van der Waals surface area contributed by atoms with Gasteiger partial charge in [0.15, 0.2) is 0 Å². The summed E-state index contributed by atoms with van der Waals surface area (Å²) in [4.78, 5) is 38.7. The number of nitrogens with one attached hydrogen (secondary N) is 2. The quantitative estimate of drug-likeness (QED) is 0.256. The lowest BCUT2D eigenvalue weighted by atomic mass is 9.84. The van der Waals surface area contributed by atoms with Gasteiger partial charge in [-0.3, -0.25) is 19.6 Å². The maximum Gasteiger partial charge on any atom is 0.302 e. The molecule has 0 bridgehead atoms. The van der Waals surface area contributed by atoms with Crippen LogP contribution in [0.5, 0.6) is 0 Å². The normalized spacial score (nSPS) is 19.6. The molecule has 1 aliphatic rings. The third-order valence-corrected chi connectivity index (χ3v) is 7.36. The van der Waals surface area contributed by atoms with Crippen LogP contribution in [0.3, 0.4) is 0 Å². The predicted octanol–water partition coefficient (Wildman–Crippen LogP) is 3.66. The van der Waals surface area contributed by atoms with Crippen LogP contribution >= 0.6 is 0 Å². The zero-order valence-electron chi connectivity index (χ0n) is 25.5. The predicted molar refractivity (Wildman–Crippen MR) is 161 cm³/mol. The Morgan fingerprint density at radius 3 is 2.49 bits per heavy atom. The Hall–Kier alpha value is -3.42. The third kappa shape index (κ3) is 8.80. The van der Waals surface area contributed by atoms with E-state index in [1.54, 1.807) is 19.0 Å². The number of aryl methyl sites for hydroxylation is 1. The highest BCUT2D eigenvalue weighted by Gasteiger charge is 2.33. The molecule has 0 aliphatic carbocycles. The summed E-state index contributed by atoms with van der Waals surface area (Å²) in [6.07, 6.45) is 5.94. The van der Waals surface area contributed by atoms with Crippen molar-refractivity contribution in [1.29, 1.82) is 0 Å². The van der Waals surface area contributed by atoms with Crippen molar-refractivity contribution < 1.29 is 14.3 Å². The summed E-state index contributed by atoms with van der Waals surface area (Å²) in [6.45, 7) is 14.8. The van der Waals surface area contributed by atoms with Crippen molar-refractivity contribution in [2.75, 3.05) is 34.3 Å². The van der Waals surface area contributed by atoms with E-state index in [0.717, 1.165) is 44.7 Å². The van der Waals surface area contributed by atoms with Gasteiger partial charge in [0, 0.05) is 86.4 Å². The number of H-pyrrole nitrogens is 1. The number of hydrogen-bond donors (Lipinski definition) is 2. The van der Waals surface area contributed by atoms with Crippen molar-refractivity contribution in [3.8, 4) is 0 Å². The molecule has 1 aromatic heterocycles. The van der Waals surface area contributed by atoms with E-state index in [1.165, 1.54) is 12.5 Å². The Kier molecular flexibility index (Phi) is 11.9. The van der Waals surface area contributed by atoms with E-state index in [4.69, 9.17) is 9.73 Å². The number of esters is 1. The third-order valence-electron chi connectivity index (χ3n) is 7.36. The highest BCUT2D eigenvalue weighted by atomic mass is 16.5. The van der Waals surface area contributed by atoms with Gasteiger partial charge >= 0.3 is 5.97 Å². The first-order valence-corrected chi connectivity index (χ1v) is 13.7. The highest BCUT2D eigenvalue weighted by molar-refractivity contribution is 6.20. The maximum absolute atomic E-state index is 13.0. The first-order valence-electron chi connectivity index (χ1n) is 13.7. The molecule has 0 spiro atoms. The number of aliphatic imine (C=N–C) groups is 2.